The quantitative estimate of drug-likeness (QED) is 0.825. The van der Waals surface area contributed by atoms with E-state index in [-0.39, 0.29) is 10.9 Å². The molecule has 1 aromatic rings. The Balaban J connectivity index is 2.66. The number of aryl methyl sites for hydroxylation is 1. The Morgan fingerprint density at radius 2 is 2.25 bits per heavy atom. The molecule has 0 spiro atoms. The largest absolute Gasteiger partial charge is 0.389 e. The first-order valence-electron chi connectivity index (χ1n) is 4.92. The lowest BCUT2D eigenvalue weighted by Gasteiger charge is -2.18. The minimum atomic E-state index is -0.999. The van der Waals surface area contributed by atoms with Gasteiger partial charge in [-0.25, -0.2) is 0 Å². The number of pyridine rings is 1. The van der Waals surface area contributed by atoms with Crippen molar-refractivity contribution in [2.75, 3.05) is 5.75 Å². The average molecular weight is 241 g/mol. The van der Waals surface area contributed by atoms with E-state index in [1.807, 2.05) is 6.92 Å². The van der Waals surface area contributed by atoms with E-state index < -0.39 is 12.2 Å². The first kappa shape index (κ1) is 13.2. The molecule has 0 bridgehead atoms. The topological polar surface area (TPSA) is 70.4 Å². The van der Waals surface area contributed by atoms with Crippen molar-refractivity contribution >= 4 is 16.9 Å². The van der Waals surface area contributed by atoms with Crippen LogP contribution in [0.5, 0.6) is 0 Å². The predicted molar refractivity (Wildman–Crippen MR) is 63.1 cm³/mol. The molecule has 16 heavy (non-hydrogen) atoms. The van der Waals surface area contributed by atoms with Crippen LogP contribution >= 0.6 is 11.8 Å². The third-order valence-corrected chi connectivity index (χ3v) is 3.13. The maximum absolute atomic E-state index is 10.7. The Kier molecular flexibility index (Phi) is 4.92. The molecule has 0 aliphatic rings. The van der Waals surface area contributed by atoms with Crippen LogP contribution in [0.15, 0.2) is 18.5 Å². The highest BCUT2D eigenvalue weighted by atomic mass is 32.2. The Bertz CT molecular complexity index is 370. The van der Waals surface area contributed by atoms with Crippen molar-refractivity contribution < 1.29 is 15.0 Å². The summed E-state index contributed by atoms with van der Waals surface area (Å²) in [5.41, 5.74) is 1.47. The van der Waals surface area contributed by atoms with Crippen molar-refractivity contribution in [2.24, 2.45) is 0 Å². The number of hydrogen-bond acceptors (Lipinski definition) is 5. The Hall–Kier alpha value is -0.910. The van der Waals surface area contributed by atoms with E-state index in [2.05, 4.69) is 4.98 Å². The number of rotatable bonds is 4. The second kappa shape index (κ2) is 5.98. The normalized spacial score (nSPS) is 14.5. The van der Waals surface area contributed by atoms with Crippen molar-refractivity contribution in [1.29, 1.82) is 0 Å². The molecule has 0 saturated heterocycles. The lowest BCUT2D eigenvalue weighted by molar-refractivity contribution is -0.109. The number of aromatic nitrogens is 1. The lowest BCUT2D eigenvalue weighted by Crippen LogP contribution is -2.22. The van der Waals surface area contributed by atoms with Crippen LogP contribution in [0.3, 0.4) is 0 Å². The number of aliphatic hydroxyl groups excluding tert-OH is 2. The van der Waals surface area contributed by atoms with Gasteiger partial charge < -0.3 is 10.2 Å². The molecule has 1 heterocycles. The molecule has 0 radical (unpaired) electrons. The minimum Gasteiger partial charge on any atom is -0.389 e. The van der Waals surface area contributed by atoms with E-state index in [0.717, 1.165) is 17.3 Å². The minimum absolute atomic E-state index is 0.0749. The van der Waals surface area contributed by atoms with Crippen molar-refractivity contribution in [1.82, 2.24) is 4.98 Å². The van der Waals surface area contributed by atoms with Crippen LogP contribution in [0.4, 0.5) is 0 Å². The van der Waals surface area contributed by atoms with E-state index in [9.17, 15) is 15.0 Å². The van der Waals surface area contributed by atoms with Crippen LogP contribution in [0.1, 0.15) is 24.2 Å². The zero-order valence-electron chi connectivity index (χ0n) is 9.25. The Labute approximate surface area is 98.7 Å². The molecule has 5 heteroatoms. The number of aliphatic hydroxyl groups is 2. The molecule has 1 aromatic heterocycles. The smallest absolute Gasteiger partial charge is 0.185 e. The highest BCUT2D eigenvalue weighted by molar-refractivity contribution is 8.13. The SMILES string of the molecule is CC(=O)SCC(O)C(O)c1cnccc1C. The van der Waals surface area contributed by atoms with E-state index in [4.69, 9.17) is 0 Å². The van der Waals surface area contributed by atoms with E-state index in [1.165, 1.54) is 13.1 Å². The van der Waals surface area contributed by atoms with Gasteiger partial charge in [0.2, 0.25) is 0 Å². The van der Waals surface area contributed by atoms with Gasteiger partial charge in [0, 0.05) is 30.6 Å². The molecule has 0 fully saturated rings. The summed E-state index contributed by atoms with van der Waals surface area (Å²) in [7, 11) is 0. The summed E-state index contributed by atoms with van der Waals surface area (Å²) in [5, 5.41) is 19.5. The summed E-state index contributed by atoms with van der Waals surface area (Å²) in [6.07, 6.45) is 1.20. The molecule has 0 aliphatic heterocycles. The van der Waals surface area contributed by atoms with Gasteiger partial charge in [-0.2, -0.15) is 0 Å². The van der Waals surface area contributed by atoms with Gasteiger partial charge in [0.15, 0.2) is 5.12 Å². The highest BCUT2D eigenvalue weighted by Crippen LogP contribution is 2.21. The Morgan fingerprint density at radius 1 is 1.56 bits per heavy atom. The molecule has 88 valence electrons. The summed E-state index contributed by atoms with van der Waals surface area (Å²) >= 11 is 0.999. The van der Waals surface area contributed by atoms with Crippen molar-refractivity contribution in [3.63, 3.8) is 0 Å². The number of thioether (sulfide) groups is 1. The third-order valence-electron chi connectivity index (χ3n) is 2.22. The van der Waals surface area contributed by atoms with Gasteiger partial charge in [-0.15, -0.1) is 0 Å². The summed E-state index contributed by atoms with van der Waals surface area (Å²) in [6.45, 7) is 3.27. The maximum Gasteiger partial charge on any atom is 0.185 e. The molecular weight excluding hydrogens is 226 g/mol. The lowest BCUT2D eigenvalue weighted by atomic mass is 10.0. The van der Waals surface area contributed by atoms with Crippen LogP contribution < -0.4 is 0 Å². The molecule has 0 saturated carbocycles. The molecule has 2 N–H and O–H groups in total. The van der Waals surface area contributed by atoms with Gasteiger partial charge in [-0.3, -0.25) is 9.78 Å². The van der Waals surface area contributed by atoms with Gasteiger partial charge >= 0.3 is 0 Å². The molecule has 4 nitrogen and oxygen atoms in total. The first-order valence-corrected chi connectivity index (χ1v) is 5.91. The van der Waals surface area contributed by atoms with Crippen LogP contribution in [0, 0.1) is 6.92 Å². The maximum atomic E-state index is 10.7. The zero-order valence-corrected chi connectivity index (χ0v) is 10.1. The van der Waals surface area contributed by atoms with E-state index in [1.54, 1.807) is 12.3 Å². The third kappa shape index (κ3) is 3.59. The van der Waals surface area contributed by atoms with Crippen molar-refractivity contribution in [2.45, 2.75) is 26.1 Å². The van der Waals surface area contributed by atoms with Crippen molar-refractivity contribution in [3.8, 4) is 0 Å². The molecule has 0 amide bonds. The molecule has 2 unspecified atom stereocenters. The average Bonchev–Trinajstić information content (AvgIpc) is 2.25. The number of carbonyl (C=O) groups is 1. The predicted octanol–water partition coefficient (Wildman–Crippen LogP) is 1.06. The highest BCUT2D eigenvalue weighted by Gasteiger charge is 2.20. The van der Waals surface area contributed by atoms with Crippen LogP contribution in [-0.2, 0) is 4.79 Å². The second-order valence-electron chi connectivity index (χ2n) is 3.55. The molecule has 0 aliphatic carbocycles. The Morgan fingerprint density at radius 3 is 2.81 bits per heavy atom. The second-order valence-corrected chi connectivity index (χ2v) is 4.74. The zero-order chi connectivity index (χ0) is 12.1. The van der Waals surface area contributed by atoms with Crippen LogP contribution in [-0.4, -0.2) is 32.2 Å². The van der Waals surface area contributed by atoms with Gasteiger partial charge in [0.25, 0.3) is 0 Å². The molecule has 0 aromatic carbocycles. The summed E-state index contributed by atoms with van der Waals surface area (Å²) < 4.78 is 0. The standard InChI is InChI=1S/C11H15NO3S/c1-7-3-4-12-5-9(7)11(15)10(14)6-16-8(2)13/h3-5,10-11,14-15H,6H2,1-2H3. The van der Waals surface area contributed by atoms with E-state index >= 15 is 0 Å². The number of carbonyl (C=O) groups excluding carboxylic acids is 1. The summed E-state index contributed by atoms with van der Waals surface area (Å²) in [5.74, 6) is 0.185. The van der Waals surface area contributed by atoms with E-state index in [0.29, 0.717) is 5.56 Å². The number of hydrogen-bond donors (Lipinski definition) is 2. The molecular formula is C11H15NO3S. The molecule has 2 atom stereocenters. The van der Waals surface area contributed by atoms with Crippen LogP contribution in [0.2, 0.25) is 0 Å². The van der Waals surface area contributed by atoms with Crippen molar-refractivity contribution in [3.05, 3.63) is 29.6 Å². The fraction of sp³-hybridized carbons (Fsp3) is 0.455. The summed E-state index contributed by atoms with van der Waals surface area (Å²) in [4.78, 5) is 14.6. The fourth-order valence-corrected chi connectivity index (χ4v) is 1.87. The molecule has 1 rings (SSSR count). The van der Waals surface area contributed by atoms with Gasteiger partial charge in [0.05, 0.1) is 6.10 Å². The van der Waals surface area contributed by atoms with Gasteiger partial charge in [0.1, 0.15) is 6.10 Å². The van der Waals surface area contributed by atoms with Crippen LogP contribution in [0.25, 0.3) is 0 Å². The first-order chi connectivity index (χ1) is 7.52. The summed E-state index contributed by atoms with van der Waals surface area (Å²) in [6, 6.07) is 1.77. The monoisotopic (exact) mass is 241 g/mol. The fourth-order valence-electron chi connectivity index (χ4n) is 1.29. The van der Waals surface area contributed by atoms with Gasteiger partial charge in [-0.05, 0) is 18.6 Å². The number of nitrogens with zero attached hydrogens (tertiary/aromatic N) is 1. The van der Waals surface area contributed by atoms with Gasteiger partial charge in [-0.1, -0.05) is 11.8 Å².